The molecule has 0 saturated heterocycles. The quantitative estimate of drug-likeness (QED) is 0.168. The fraction of sp³-hybridized carbons (Fsp3) is 0.875. The number of aliphatic imine (C=N–C) groups is 1. The Balaban J connectivity index is 0.00000529. The van der Waals surface area contributed by atoms with E-state index in [4.69, 9.17) is 9.47 Å². The van der Waals surface area contributed by atoms with E-state index in [0.717, 1.165) is 44.7 Å². The average molecular weight is 456 g/mol. The lowest BCUT2D eigenvalue weighted by molar-refractivity contribution is -0.121. The predicted molar refractivity (Wildman–Crippen MR) is 107 cm³/mol. The lowest BCUT2D eigenvalue weighted by Gasteiger charge is -2.11. The number of hydrogen-bond donors (Lipinski definition) is 3. The summed E-state index contributed by atoms with van der Waals surface area (Å²) in [5.74, 6) is 0.945. The van der Waals surface area contributed by atoms with Crippen molar-refractivity contribution in [1.29, 1.82) is 0 Å². The van der Waals surface area contributed by atoms with E-state index in [1.165, 1.54) is 0 Å². The molecule has 1 rings (SSSR count). The molecule has 0 heterocycles. The van der Waals surface area contributed by atoms with Crippen LogP contribution in [0.15, 0.2) is 4.99 Å². The average Bonchev–Trinajstić information content (AvgIpc) is 3.34. The number of guanidine groups is 1. The van der Waals surface area contributed by atoms with Gasteiger partial charge in [0, 0.05) is 45.8 Å². The van der Waals surface area contributed by atoms with Gasteiger partial charge in [0.15, 0.2) is 5.96 Å². The zero-order chi connectivity index (χ0) is 16.8. The van der Waals surface area contributed by atoms with E-state index >= 15 is 0 Å². The minimum Gasteiger partial charge on any atom is -0.382 e. The molecule has 0 atom stereocenters. The number of carbonyl (C=O) groups is 1. The van der Waals surface area contributed by atoms with Crippen molar-refractivity contribution in [1.82, 2.24) is 16.0 Å². The Bertz CT molecular complexity index is 352. The van der Waals surface area contributed by atoms with Gasteiger partial charge in [0.2, 0.25) is 5.91 Å². The number of amides is 1. The topological polar surface area (TPSA) is 84.0 Å². The van der Waals surface area contributed by atoms with Crippen LogP contribution in [0.3, 0.4) is 0 Å². The summed E-state index contributed by atoms with van der Waals surface area (Å²) in [6.07, 6.45) is 4.50. The second-order valence-corrected chi connectivity index (χ2v) is 5.59. The van der Waals surface area contributed by atoms with Crippen LogP contribution >= 0.6 is 24.0 Å². The highest BCUT2D eigenvalue weighted by molar-refractivity contribution is 14.0. The van der Waals surface area contributed by atoms with Crippen LogP contribution in [0.5, 0.6) is 0 Å². The van der Waals surface area contributed by atoms with Gasteiger partial charge in [-0.05, 0) is 32.6 Å². The predicted octanol–water partition coefficient (Wildman–Crippen LogP) is 1.27. The Kier molecular flexibility index (Phi) is 15.5. The Labute approximate surface area is 162 Å². The second kappa shape index (κ2) is 15.9. The van der Waals surface area contributed by atoms with Gasteiger partial charge >= 0.3 is 0 Å². The van der Waals surface area contributed by atoms with Gasteiger partial charge in [-0.15, -0.1) is 24.0 Å². The number of hydrogen-bond acceptors (Lipinski definition) is 4. The van der Waals surface area contributed by atoms with E-state index < -0.39 is 0 Å². The number of halogens is 1. The summed E-state index contributed by atoms with van der Waals surface area (Å²) < 4.78 is 10.3. The number of ether oxygens (including phenoxy) is 2. The monoisotopic (exact) mass is 456 g/mol. The molecule has 8 heteroatoms. The largest absolute Gasteiger partial charge is 0.382 e. The summed E-state index contributed by atoms with van der Waals surface area (Å²) in [7, 11) is 1.67. The molecule has 0 aliphatic heterocycles. The first kappa shape index (κ1) is 23.4. The third-order valence-corrected chi connectivity index (χ3v) is 3.31. The molecule has 24 heavy (non-hydrogen) atoms. The maximum atomic E-state index is 11.6. The molecule has 3 N–H and O–H groups in total. The van der Waals surface area contributed by atoms with Crippen LogP contribution in [0.4, 0.5) is 0 Å². The molecule has 1 aliphatic carbocycles. The molecule has 0 spiro atoms. The molecule has 0 aromatic rings. The number of carbonyl (C=O) groups excluding carboxylic acids is 1. The van der Waals surface area contributed by atoms with Crippen molar-refractivity contribution in [3.05, 3.63) is 0 Å². The molecular formula is C16H33IN4O3. The van der Waals surface area contributed by atoms with Gasteiger partial charge in [-0.1, -0.05) is 0 Å². The molecule has 0 aromatic carbocycles. The highest BCUT2D eigenvalue weighted by Crippen LogP contribution is 2.18. The van der Waals surface area contributed by atoms with Crippen molar-refractivity contribution in [2.24, 2.45) is 4.99 Å². The van der Waals surface area contributed by atoms with Gasteiger partial charge in [-0.2, -0.15) is 0 Å². The SMILES string of the molecule is CCNC(=NCCCC(=O)NC1CC1)NCCCOCCOC.I. The van der Waals surface area contributed by atoms with Gasteiger partial charge in [0.1, 0.15) is 0 Å². The van der Waals surface area contributed by atoms with Crippen LogP contribution in [0.2, 0.25) is 0 Å². The summed E-state index contributed by atoms with van der Waals surface area (Å²) in [6.45, 7) is 6.28. The number of nitrogens with one attached hydrogen (secondary N) is 3. The van der Waals surface area contributed by atoms with E-state index in [-0.39, 0.29) is 29.9 Å². The van der Waals surface area contributed by atoms with Gasteiger partial charge in [-0.25, -0.2) is 0 Å². The molecule has 1 saturated carbocycles. The maximum absolute atomic E-state index is 11.6. The Morgan fingerprint density at radius 2 is 1.96 bits per heavy atom. The fourth-order valence-corrected chi connectivity index (χ4v) is 1.93. The molecule has 0 bridgehead atoms. The zero-order valence-corrected chi connectivity index (χ0v) is 17.3. The van der Waals surface area contributed by atoms with Crippen molar-refractivity contribution in [2.45, 2.75) is 45.1 Å². The van der Waals surface area contributed by atoms with Gasteiger partial charge in [0.05, 0.1) is 13.2 Å². The van der Waals surface area contributed by atoms with Crippen LogP contribution < -0.4 is 16.0 Å². The highest BCUT2D eigenvalue weighted by Gasteiger charge is 2.22. The van der Waals surface area contributed by atoms with Crippen LogP contribution in [-0.2, 0) is 14.3 Å². The van der Waals surface area contributed by atoms with Crippen LogP contribution in [0.25, 0.3) is 0 Å². The normalized spacial score (nSPS) is 14.0. The van der Waals surface area contributed by atoms with Crippen LogP contribution in [0.1, 0.15) is 39.0 Å². The van der Waals surface area contributed by atoms with E-state index in [1.54, 1.807) is 7.11 Å². The smallest absolute Gasteiger partial charge is 0.220 e. The molecule has 0 radical (unpaired) electrons. The number of nitrogens with zero attached hydrogens (tertiary/aromatic N) is 1. The van der Waals surface area contributed by atoms with Gasteiger partial charge < -0.3 is 25.4 Å². The molecule has 1 fully saturated rings. The summed E-state index contributed by atoms with van der Waals surface area (Å²) in [4.78, 5) is 16.1. The van der Waals surface area contributed by atoms with Crippen molar-refractivity contribution in [3.63, 3.8) is 0 Å². The van der Waals surface area contributed by atoms with Crippen LogP contribution in [0, 0.1) is 0 Å². The van der Waals surface area contributed by atoms with E-state index in [2.05, 4.69) is 20.9 Å². The van der Waals surface area contributed by atoms with E-state index in [1.807, 2.05) is 6.92 Å². The maximum Gasteiger partial charge on any atom is 0.220 e. The second-order valence-electron chi connectivity index (χ2n) is 5.59. The van der Waals surface area contributed by atoms with Crippen molar-refractivity contribution in [3.8, 4) is 0 Å². The lowest BCUT2D eigenvalue weighted by atomic mass is 10.3. The molecular weight excluding hydrogens is 423 g/mol. The van der Waals surface area contributed by atoms with Gasteiger partial charge in [-0.3, -0.25) is 9.79 Å². The third kappa shape index (κ3) is 13.8. The Morgan fingerprint density at radius 1 is 1.17 bits per heavy atom. The first-order valence-corrected chi connectivity index (χ1v) is 8.64. The minimum atomic E-state index is 0. The van der Waals surface area contributed by atoms with Crippen molar-refractivity contribution in [2.75, 3.05) is 46.6 Å². The first-order chi connectivity index (χ1) is 11.3. The standard InChI is InChI=1S/C16H32N4O3.HI/c1-3-17-16(19-10-5-11-23-13-12-22-2)18-9-4-6-15(21)20-14-7-8-14;/h14H,3-13H2,1-2H3,(H,20,21)(H2,17,18,19);1H. The van der Waals surface area contributed by atoms with E-state index in [0.29, 0.717) is 38.8 Å². The lowest BCUT2D eigenvalue weighted by Crippen LogP contribution is -2.38. The number of methoxy groups -OCH3 is 1. The Morgan fingerprint density at radius 3 is 2.62 bits per heavy atom. The molecule has 0 unspecified atom stereocenters. The summed E-state index contributed by atoms with van der Waals surface area (Å²) in [6, 6.07) is 0.441. The van der Waals surface area contributed by atoms with Crippen molar-refractivity contribution < 1.29 is 14.3 Å². The molecule has 1 aliphatic rings. The summed E-state index contributed by atoms with van der Waals surface area (Å²) in [5.41, 5.74) is 0. The van der Waals surface area contributed by atoms with Crippen LogP contribution in [-0.4, -0.2) is 64.5 Å². The van der Waals surface area contributed by atoms with Gasteiger partial charge in [0.25, 0.3) is 0 Å². The van der Waals surface area contributed by atoms with Crippen molar-refractivity contribution >= 4 is 35.8 Å². The molecule has 7 nitrogen and oxygen atoms in total. The minimum absolute atomic E-state index is 0. The molecule has 1 amide bonds. The molecule has 142 valence electrons. The third-order valence-electron chi connectivity index (χ3n) is 3.31. The highest BCUT2D eigenvalue weighted by atomic mass is 127. The molecule has 0 aromatic heterocycles. The summed E-state index contributed by atoms with van der Waals surface area (Å²) in [5, 5.41) is 9.46. The van der Waals surface area contributed by atoms with E-state index in [9.17, 15) is 4.79 Å². The zero-order valence-electron chi connectivity index (χ0n) is 14.9. The fourth-order valence-electron chi connectivity index (χ4n) is 1.93. The first-order valence-electron chi connectivity index (χ1n) is 8.64. The number of rotatable bonds is 13. The Hall–Kier alpha value is -0.610. The summed E-state index contributed by atoms with van der Waals surface area (Å²) >= 11 is 0.